The maximum atomic E-state index is 10.3. The summed E-state index contributed by atoms with van der Waals surface area (Å²) in [6, 6.07) is 0. The first-order valence-corrected chi connectivity index (χ1v) is 5.84. The number of carbonyl (C=O) groups is 3. The van der Waals surface area contributed by atoms with Gasteiger partial charge in [0.1, 0.15) is 0 Å². The first-order valence-electron chi connectivity index (χ1n) is 5.84. The van der Waals surface area contributed by atoms with Crippen molar-refractivity contribution in [2.24, 2.45) is 5.73 Å². The summed E-state index contributed by atoms with van der Waals surface area (Å²) >= 11 is 0. The van der Waals surface area contributed by atoms with E-state index in [1.54, 1.807) is 0 Å². The van der Waals surface area contributed by atoms with Crippen LogP contribution < -0.4 is 5.73 Å². The van der Waals surface area contributed by atoms with E-state index >= 15 is 0 Å². The van der Waals surface area contributed by atoms with Crippen LogP contribution in [0.5, 0.6) is 0 Å². The fraction of sp³-hybridized carbons (Fsp3) is 0.357. The van der Waals surface area contributed by atoms with Gasteiger partial charge in [-0.2, -0.15) is 0 Å². The Labute approximate surface area is 119 Å². The van der Waals surface area contributed by atoms with E-state index in [9.17, 15) is 14.4 Å². The van der Waals surface area contributed by atoms with Crippen LogP contribution in [0.15, 0.2) is 38.2 Å². The van der Waals surface area contributed by atoms with Gasteiger partial charge in [-0.25, -0.2) is 4.79 Å². The molecule has 0 saturated heterocycles. The Morgan fingerprint density at radius 2 is 1.65 bits per heavy atom. The third-order valence-corrected chi connectivity index (χ3v) is 1.36. The van der Waals surface area contributed by atoms with Crippen molar-refractivity contribution in [3.63, 3.8) is 0 Å². The van der Waals surface area contributed by atoms with Gasteiger partial charge in [0.25, 0.3) is 0 Å². The van der Waals surface area contributed by atoms with Gasteiger partial charge >= 0.3 is 11.9 Å². The van der Waals surface area contributed by atoms with Crippen molar-refractivity contribution in [1.82, 2.24) is 0 Å². The molecular weight excluding hydrogens is 262 g/mol. The maximum absolute atomic E-state index is 10.3. The zero-order chi connectivity index (χ0) is 16.4. The molecule has 0 radical (unpaired) electrons. The summed E-state index contributed by atoms with van der Waals surface area (Å²) in [5.74, 6) is -1.14. The molecule has 0 aromatic heterocycles. The van der Waals surface area contributed by atoms with E-state index in [1.807, 2.05) is 6.92 Å². The molecule has 0 bridgehead atoms. The van der Waals surface area contributed by atoms with Crippen LogP contribution in [-0.4, -0.2) is 24.5 Å². The Morgan fingerprint density at radius 3 is 1.85 bits per heavy atom. The van der Waals surface area contributed by atoms with Gasteiger partial charge in [-0.3, -0.25) is 9.59 Å². The number of esters is 2. The van der Waals surface area contributed by atoms with Crippen molar-refractivity contribution >= 4 is 17.8 Å². The zero-order valence-electron chi connectivity index (χ0n) is 12.1. The molecule has 2 N–H and O–H groups in total. The standard InChI is InChI=1S/C7H12O2.C4H6O2.C3H5NO/c1-3-5-6-9-7(8)4-2;1-3-6-4(2)5;1-2-3(4)5/h4H,2-3,5-6H2,1H3;3H,1H2,2H3;2H,1H2,(H2,4,5). The summed E-state index contributed by atoms with van der Waals surface area (Å²) in [6.45, 7) is 13.4. The van der Waals surface area contributed by atoms with Gasteiger partial charge in [-0.15, -0.1) is 0 Å². The highest BCUT2D eigenvalue weighted by Crippen LogP contribution is 1.88. The average Bonchev–Trinajstić information content (AvgIpc) is 2.40. The lowest BCUT2D eigenvalue weighted by molar-refractivity contribution is -0.138. The van der Waals surface area contributed by atoms with Crippen LogP contribution in [-0.2, 0) is 23.9 Å². The van der Waals surface area contributed by atoms with Gasteiger partial charge in [0.15, 0.2) is 0 Å². The van der Waals surface area contributed by atoms with Gasteiger partial charge in [0, 0.05) is 13.0 Å². The van der Waals surface area contributed by atoms with Crippen LogP contribution in [0, 0.1) is 0 Å². The van der Waals surface area contributed by atoms with Crippen molar-refractivity contribution in [3.8, 4) is 0 Å². The fourth-order valence-corrected chi connectivity index (χ4v) is 0.493. The van der Waals surface area contributed by atoms with Crippen molar-refractivity contribution < 1.29 is 23.9 Å². The molecular formula is C14H23NO5. The molecule has 1 amide bonds. The van der Waals surface area contributed by atoms with Crippen LogP contribution >= 0.6 is 0 Å². The van der Waals surface area contributed by atoms with Crippen LogP contribution in [0.25, 0.3) is 0 Å². The molecule has 0 atom stereocenters. The minimum Gasteiger partial charge on any atom is -0.463 e. The molecule has 6 heteroatoms. The third kappa shape index (κ3) is 36.1. The van der Waals surface area contributed by atoms with Gasteiger partial charge < -0.3 is 15.2 Å². The Hall–Kier alpha value is -2.37. The fourth-order valence-electron chi connectivity index (χ4n) is 0.493. The summed E-state index contributed by atoms with van der Waals surface area (Å²) in [4.78, 5) is 29.6. The number of nitrogens with two attached hydrogens (primary N) is 1. The Kier molecular flexibility index (Phi) is 21.6. The molecule has 0 aliphatic heterocycles. The lowest BCUT2D eigenvalue weighted by atomic mass is 10.4. The number of hydrogen-bond acceptors (Lipinski definition) is 5. The summed E-state index contributed by atoms with van der Waals surface area (Å²) in [7, 11) is 0. The highest BCUT2D eigenvalue weighted by molar-refractivity contribution is 5.85. The van der Waals surface area contributed by atoms with Crippen molar-refractivity contribution in [1.29, 1.82) is 0 Å². The molecule has 20 heavy (non-hydrogen) atoms. The second-order valence-corrected chi connectivity index (χ2v) is 3.11. The van der Waals surface area contributed by atoms with E-state index in [0.29, 0.717) is 6.61 Å². The van der Waals surface area contributed by atoms with Gasteiger partial charge in [0.2, 0.25) is 5.91 Å². The second-order valence-electron chi connectivity index (χ2n) is 3.11. The predicted molar refractivity (Wildman–Crippen MR) is 77.4 cm³/mol. The molecule has 0 heterocycles. The summed E-state index contributed by atoms with van der Waals surface area (Å²) in [5.41, 5.74) is 4.53. The number of carbonyl (C=O) groups excluding carboxylic acids is 3. The minimum atomic E-state index is -0.481. The quantitative estimate of drug-likeness (QED) is 0.348. The summed E-state index contributed by atoms with van der Waals surface area (Å²) < 4.78 is 8.84. The lowest BCUT2D eigenvalue weighted by Crippen LogP contribution is -2.04. The number of ether oxygens (including phenoxy) is 2. The zero-order valence-corrected chi connectivity index (χ0v) is 12.1. The Balaban J connectivity index is -0.000000230. The largest absolute Gasteiger partial charge is 0.463 e. The summed E-state index contributed by atoms with van der Waals surface area (Å²) in [5, 5.41) is 0. The molecule has 0 spiro atoms. The number of hydrogen-bond donors (Lipinski definition) is 1. The molecule has 0 aliphatic carbocycles. The Morgan fingerprint density at radius 1 is 1.15 bits per heavy atom. The van der Waals surface area contributed by atoms with E-state index in [4.69, 9.17) is 0 Å². The molecule has 114 valence electrons. The Bertz CT molecular complexity index is 324. The normalized spacial score (nSPS) is 7.50. The predicted octanol–water partition coefficient (Wildman–Crippen LogP) is 1.87. The topological polar surface area (TPSA) is 95.7 Å². The van der Waals surface area contributed by atoms with Crippen LogP contribution in [0.2, 0.25) is 0 Å². The molecule has 0 aliphatic rings. The van der Waals surface area contributed by atoms with E-state index in [1.165, 1.54) is 13.0 Å². The minimum absolute atomic E-state index is 0.329. The molecule has 0 fully saturated rings. The monoisotopic (exact) mass is 285 g/mol. The van der Waals surface area contributed by atoms with Crippen LogP contribution in [0.3, 0.4) is 0 Å². The van der Waals surface area contributed by atoms with Crippen LogP contribution in [0.4, 0.5) is 0 Å². The first kappa shape index (κ1) is 22.8. The SMILES string of the molecule is C=CC(=O)OCCCC.C=CC(N)=O.C=COC(C)=O. The lowest BCUT2D eigenvalue weighted by Gasteiger charge is -1.97. The second kappa shape index (κ2) is 19.0. The molecule has 0 rings (SSSR count). The van der Waals surface area contributed by atoms with E-state index in [2.05, 4.69) is 34.9 Å². The molecule has 0 unspecified atom stereocenters. The molecule has 0 aromatic rings. The van der Waals surface area contributed by atoms with Crippen LogP contribution in [0.1, 0.15) is 26.7 Å². The van der Waals surface area contributed by atoms with E-state index < -0.39 is 5.91 Å². The number of amides is 1. The molecule has 0 aromatic carbocycles. The van der Waals surface area contributed by atoms with Gasteiger partial charge in [-0.1, -0.05) is 33.1 Å². The smallest absolute Gasteiger partial charge is 0.330 e. The number of primary amides is 1. The number of unbranched alkanes of at least 4 members (excludes halogenated alkanes) is 1. The van der Waals surface area contributed by atoms with Crippen molar-refractivity contribution in [2.75, 3.05) is 6.61 Å². The van der Waals surface area contributed by atoms with Gasteiger partial charge in [-0.05, 0) is 12.5 Å². The van der Waals surface area contributed by atoms with Crippen molar-refractivity contribution in [3.05, 3.63) is 38.2 Å². The van der Waals surface area contributed by atoms with Crippen molar-refractivity contribution in [2.45, 2.75) is 26.7 Å². The van der Waals surface area contributed by atoms with E-state index in [0.717, 1.165) is 25.2 Å². The maximum Gasteiger partial charge on any atom is 0.330 e. The summed E-state index contributed by atoms with van der Waals surface area (Å²) in [6.07, 6.45) is 5.31. The average molecular weight is 285 g/mol. The number of rotatable bonds is 6. The first-order chi connectivity index (χ1) is 9.35. The molecule has 0 saturated carbocycles. The van der Waals surface area contributed by atoms with E-state index in [-0.39, 0.29) is 11.9 Å². The van der Waals surface area contributed by atoms with Gasteiger partial charge in [0.05, 0.1) is 12.9 Å². The third-order valence-electron chi connectivity index (χ3n) is 1.36. The highest BCUT2D eigenvalue weighted by atomic mass is 16.5. The molecule has 6 nitrogen and oxygen atoms in total. The highest BCUT2D eigenvalue weighted by Gasteiger charge is 1.91.